The number of carbonyl (C=O) groups is 1. The molecule has 122 valence electrons. The van der Waals surface area contributed by atoms with Gasteiger partial charge in [0, 0.05) is 19.1 Å². The van der Waals surface area contributed by atoms with Gasteiger partial charge in [-0.1, -0.05) is 0 Å². The van der Waals surface area contributed by atoms with E-state index in [0.29, 0.717) is 19.6 Å². The summed E-state index contributed by atoms with van der Waals surface area (Å²) in [5.41, 5.74) is 5.44. The van der Waals surface area contributed by atoms with Crippen LogP contribution >= 0.6 is 0 Å². The highest BCUT2D eigenvalue weighted by Crippen LogP contribution is 2.28. The van der Waals surface area contributed by atoms with E-state index < -0.39 is 9.84 Å². The number of fused-ring (bicyclic) bond motifs is 1. The number of furan rings is 1. The van der Waals surface area contributed by atoms with Gasteiger partial charge in [0.25, 0.3) is 0 Å². The largest absolute Gasteiger partial charge is 0.465 e. The molecule has 1 aromatic heterocycles. The zero-order valence-electron chi connectivity index (χ0n) is 12.6. The molecule has 3 rings (SSSR count). The van der Waals surface area contributed by atoms with Crippen molar-refractivity contribution in [1.82, 2.24) is 9.80 Å². The van der Waals surface area contributed by atoms with Gasteiger partial charge in [-0.2, -0.15) is 0 Å². The Labute approximate surface area is 130 Å². The zero-order valence-corrected chi connectivity index (χ0v) is 13.4. The Kier molecular flexibility index (Phi) is 4.00. The summed E-state index contributed by atoms with van der Waals surface area (Å²) in [6.07, 6.45) is 0. The Morgan fingerprint density at radius 1 is 1.32 bits per heavy atom. The van der Waals surface area contributed by atoms with Gasteiger partial charge in [0.05, 0.1) is 30.6 Å². The zero-order chi connectivity index (χ0) is 15.9. The second kappa shape index (κ2) is 5.68. The van der Waals surface area contributed by atoms with Gasteiger partial charge >= 0.3 is 0 Å². The molecular weight excluding hydrogens is 306 g/mol. The van der Waals surface area contributed by atoms with Gasteiger partial charge in [-0.3, -0.25) is 9.69 Å². The number of amides is 1. The molecule has 2 aliphatic heterocycles. The first-order chi connectivity index (χ1) is 10.4. The van der Waals surface area contributed by atoms with Crippen LogP contribution in [0, 0.1) is 6.92 Å². The number of rotatable bonds is 3. The SMILES string of the molecule is Cc1ccc(CN2CCN(C(=O)CN)[C@@H]3CS(=O)(=O)C[C@@H]32)o1. The molecule has 0 saturated carbocycles. The molecular formula is C14H21N3O4S. The fourth-order valence-electron chi connectivity index (χ4n) is 3.42. The molecule has 0 spiro atoms. The summed E-state index contributed by atoms with van der Waals surface area (Å²) >= 11 is 0. The van der Waals surface area contributed by atoms with Crippen LogP contribution in [0.15, 0.2) is 16.5 Å². The van der Waals surface area contributed by atoms with E-state index in [1.807, 2.05) is 19.1 Å². The fourth-order valence-corrected chi connectivity index (χ4v) is 5.43. The van der Waals surface area contributed by atoms with Crippen LogP contribution in [0.1, 0.15) is 11.5 Å². The van der Waals surface area contributed by atoms with Gasteiger partial charge in [-0.15, -0.1) is 0 Å². The molecule has 2 atom stereocenters. The summed E-state index contributed by atoms with van der Waals surface area (Å²) in [6, 6.07) is 3.32. The number of carbonyl (C=O) groups excluding carboxylic acids is 1. The van der Waals surface area contributed by atoms with Gasteiger partial charge in [-0.05, 0) is 19.1 Å². The number of piperazine rings is 1. The first-order valence-corrected chi connectivity index (χ1v) is 9.21. The lowest BCUT2D eigenvalue weighted by Gasteiger charge is -2.43. The normalized spacial score (nSPS) is 27.8. The van der Waals surface area contributed by atoms with Gasteiger partial charge < -0.3 is 15.1 Å². The molecule has 22 heavy (non-hydrogen) atoms. The summed E-state index contributed by atoms with van der Waals surface area (Å²) in [6.45, 7) is 3.49. The van der Waals surface area contributed by atoms with Crippen molar-refractivity contribution in [2.75, 3.05) is 31.1 Å². The molecule has 2 saturated heterocycles. The molecule has 1 aromatic rings. The third-order valence-corrected chi connectivity index (χ3v) is 6.14. The lowest BCUT2D eigenvalue weighted by Crippen LogP contribution is -2.61. The standard InChI is InChI=1S/C14H21N3O4S/c1-10-2-3-11(21-10)7-16-4-5-17(14(18)6-15)13-9-22(19,20)8-12(13)16/h2-3,12-13H,4-9,15H2,1H3/t12-,13+/m0/s1. The maximum atomic E-state index is 12.0. The molecule has 8 heteroatoms. The summed E-state index contributed by atoms with van der Waals surface area (Å²) in [5.74, 6) is 1.59. The first kappa shape index (κ1) is 15.5. The van der Waals surface area contributed by atoms with Crippen molar-refractivity contribution in [2.45, 2.75) is 25.6 Å². The van der Waals surface area contributed by atoms with Crippen molar-refractivity contribution in [1.29, 1.82) is 0 Å². The molecule has 2 aliphatic rings. The maximum absolute atomic E-state index is 12.0. The van der Waals surface area contributed by atoms with Crippen molar-refractivity contribution >= 4 is 15.7 Å². The monoisotopic (exact) mass is 327 g/mol. The molecule has 0 aliphatic carbocycles. The Bertz CT molecular complexity index is 669. The van der Waals surface area contributed by atoms with Crippen molar-refractivity contribution in [2.24, 2.45) is 5.73 Å². The average Bonchev–Trinajstić information content (AvgIpc) is 3.00. The average molecular weight is 327 g/mol. The predicted octanol–water partition coefficient (Wildman–Crippen LogP) is -0.643. The van der Waals surface area contributed by atoms with Crippen LogP contribution in [0.5, 0.6) is 0 Å². The van der Waals surface area contributed by atoms with E-state index in [0.717, 1.165) is 11.5 Å². The molecule has 1 amide bonds. The molecule has 0 bridgehead atoms. The van der Waals surface area contributed by atoms with Gasteiger partial charge in [0.2, 0.25) is 5.91 Å². The van der Waals surface area contributed by atoms with E-state index in [4.69, 9.17) is 10.2 Å². The molecule has 3 heterocycles. The van der Waals surface area contributed by atoms with Crippen LogP contribution in [0.3, 0.4) is 0 Å². The number of hydrogen-bond donors (Lipinski definition) is 1. The Balaban J connectivity index is 1.81. The highest BCUT2D eigenvalue weighted by atomic mass is 32.2. The Morgan fingerprint density at radius 3 is 2.68 bits per heavy atom. The van der Waals surface area contributed by atoms with Crippen LogP contribution in [-0.2, 0) is 21.2 Å². The lowest BCUT2D eigenvalue weighted by molar-refractivity contribution is -0.135. The number of sulfone groups is 1. The number of aryl methyl sites for hydroxylation is 1. The highest BCUT2D eigenvalue weighted by Gasteiger charge is 2.47. The molecule has 0 unspecified atom stereocenters. The van der Waals surface area contributed by atoms with Crippen LogP contribution in [0.25, 0.3) is 0 Å². The second-order valence-electron chi connectivity index (χ2n) is 5.99. The van der Waals surface area contributed by atoms with Crippen LogP contribution in [0.4, 0.5) is 0 Å². The quantitative estimate of drug-likeness (QED) is 0.793. The summed E-state index contributed by atoms with van der Waals surface area (Å²) in [7, 11) is -3.13. The topological polar surface area (TPSA) is 96.9 Å². The van der Waals surface area contributed by atoms with E-state index in [1.165, 1.54) is 0 Å². The minimum absolute atomic E-state index is 0.0249. The second-order valence-corrected chi connectivity index (χ2v) is 8.14. The predicted molar refractivity (Wildman–Crippen MR) is 80.9 cm³/mol. The van der Waals surface area contributed by atoms with E-state index >= 15 is 0 Å². The molecule has 0 aromatic carbocycles. The molecule has 0 radical (unpaired) electrons. The maximum Gasteiger partial charge on any atom is 0.236 e. The third-order valence-electron chi connectivity index (χ3n) is 4.44. The Hall–Kier alpha value is -1.38. The number of nitrogens with two attached hydrogens (primary N) is 1. The van der Waals surface area contributed by atoms with Crippen molar-refractivity contribution < 1.29 is 17.6 Å². The first-order valence-electron chi connectivity index (χ1n) is 7.39. The van der Waals surface area contributed by atoms with Crippen molar-refractivity contribution in [3.63, 3.8) is 0 Å². The smallest absolute Gasteiger partial charge is 0.236 e. The summed E-state index contributed by atoms with van der Waals surface area (Å²) in [5, 5.41) is 0. The van der Waals surface area contributed by atoms with E-state index in [1.54, 1.807) is 4.90 Å². The number of nitrogens with zero attached hydrogens (tertiary/aromatic N) is 2. The third kappa shape index (κ3) is 2.90. The minimum Gasteiger partial charge on any atom is -0.465 e. The Morgan fingerprint density at radius 2 is 2.05 bits per heavy atom. The van der Waals surface area contributed by atoms with Crippen LogP contribution < -0.4 is 5.73 Å². The molecule has 7 nitrogen and oxygen atoms in total. The van der Waals surface area contributed by atoms with E-state index in [-0.39, 0.29) is 36.0 Å². The van der Waals surface area contributed by atoms with Gasteiger partial charge in [0.1, 0.15) is 11.5 Å². The molecule has 2 fully saturated rings. The van der Waals surface area contributed by atoms with Crippen LogP contribution in [-0.4, -0.2) is 67.3 Å². The van der Waals surface area contributed by atoms with Crippen molar-refractivity contribution in [3.05, 3.63) is 23.7 Å². The summed E-state index contributed by atoms with van der Waals surface area (Å²) in [4.78, 5) is 15.7. The highest BCUT2D eigenvalue weighted by molar-refractivity contribution is 7.91. The van der Waals surface area contributed by atoms with Gasteiger partial charge in [-0.25, -0.2) is 8.42 Å². The van der Waals surface area contributed by atoms with Gasteiger partial charge in [0.15, 0.2) is 9.84 Å². The summed E-state index contributed by atoms with van der Waals surface area (Å²) < 4.78 is 29.7. The van der Waals surface area contributed by atoms with E-state index in [9.17, 15) is 13.2 Å². The molecule has 2 N–H and O–H groups in total. The van der Waals surface area contributed by atoms with E-state index in [2.05, 4.69) is 4.90 Å². The fraction of sp³-hybridized carbons (Fsp3) is 0.643. The van der Waals surface area contributed by atoms with Crippen LogP contribution in [0.2, 0.25) is 0 Å². The van der Waals surface area contributed by atoms with Crippen molar-refractivity contribution in [3.8, 4) is 0 Å². The minimum atomic E-state index is -3.13. The lowest BCUT2D eigenvalue weighted by atomic mass is 10.0. The number of hydrogen-bond acceptors (Lipinski definition) is 6.